The third kappa shape index (κ3) is 5.46. The van der Waals surface area contributed by atoms with Crippen molar-refractivity contribution in [3.05, 3.63) is 45.8 Å². The van der Waals surface area contributed by atoms with Gasteiger partial charge in [0.15, 0.2) is 0 Å². The third-order valence-electron chi connectivity index (χ3n) is 6.82. The van der Waals surface area contributed by atoms with Gasteiger partial charge in [0.05, 0.1) is 10.5 Å². The number of imide groups is 1. The van der Waals surface area contributed by atoms with Gasteiger partial charge in [-0.1, -0.05) is 19.3 Å². The summed E-state index contributed by atoms with van der Waals surface area (Å²) in [6.07, 6.45) is 5.47. The number of likely N-dealkylation sites (N-methyl/N-ethyl adjacent to an activating group) is 1. The van der Waals surface area contributed by atoms with Gasteiger partial charge < -0.3 is 16.0 Å². The van der Waals surface area contributed by atoms with Crippen LogP contribution in [0.2, 0.25) is 0 Å². The zero-order valence-electron chi connectivity index (χ0n) is 20.4. The Morgan fingerprint density at radius 1 is 1.08 bits per heavy atom. The highest BCUT2D eigenvalue weighted by atomic mass is 32.2. The molecule has 0 bridgehead atoms. The number of anilines is 1. The summed E-state index contributed by atoms with van der Waals surface area (Å²) in [6.45, 7) is 1.35. The maximum atomic E-state index is 13.1. The maximum absolute atomic E-state index is 13.1. The smallest absolute Gasteiger partial charge is 0.319 e. The number of primary amides is 1. The van der Waals surface area contributed by atoms with Crippen molar-refractivity contribution >= 4 is 44.2 Å². The lowest BCUT2D eigenvalue weighted by molar-refractivity contribution is 0.0966. The van der Waals surface area contributed by atoms with Crippen molar-refractivity contribution < 1.29 is 22.8 Å². The van der Waals surface area contributed by atoms with Crippen LogP contribution in [0.4, 0.5) is 9.80 Å². The van der Waals surface area contributed by atoms with Gasteiger partial charge in [-0.15, -0.1) is 11.3 Å². The molecular formula is C24H31N5O5S2. The highest BCUT2D eigenvalue weighted by molar-refractivity contribution is 7.89. The Labute approximate surface area is 214 Å². The Morgan fingerprint density at radius 2 is 1.75 bits per heavy atom. The van der Waals surface area contributed by atoms with Crippen LogP contribution in [0.1, 0.15) is 63.3 Å². The molecule has 10 nitrogen and oxygen atoms in total. The molecule has 1 aromatic carbocycles. The number of carbonyl (C=O) groups is 3. The van der Waals surface area contributed by atoms with Crippen molar-refractivity contribution in [2.24, 2.45) is 5.73 Å². The van der Waals surface area contributed by atoms with Crippen LogP contribution in [0.5, 0.6) is 0 Å². The largest absolute Gasteiger partial charge is 0.351 e. The summed E-state index contributed by atoms with van der Waals surface area (Å²) in [5, 5.41) is 5.19. The van der Waals surface area contributed by atoms with Gasteiger partial charge in [0, 0.05) is 36.6 Å². The van der Waals surface area contributed by atoms with E-state index in [0.717, 1.165) is 49.1 Å². The zero-order chi connectivity index (χ0) is 26.0. The van der Waals surface area contributed by atoms with E-state index in [9.17, 15) is 22.8 Å². The van der Waals surface area contributed by atoms with E-state index in [1.807, 2.05) is 7.05 Å². The van der Waals surface area contributed by atoms with Crippen LogP contribution in [0, 0.1) is 0 Å². The van der Waals surface area contributed by atoms with Crippen molar-refractivity contribution in [1.82, 2.24) is 14.5 Å². The molecule has 1 fully saturated rings. The van der Waals surface area contributed by atoms with Crippen molar-refractivity contribution in [3.8, 4) is 0 Å². The van der Waals surface area contributed by atoms with Gasteiger partial charge in [0.2, 0.25) is 10.0 Å². The van der Waals surface area contributed by atoms with Crippen LogP contribution in [0.3, 0.4) is 0 Å². The number of urea groups is 1. The number of benzene rings is 1. The fourth-order valence-electron chi connectivity index (χ4n) is 4.79. The number of fused-ring (bicyclic) bond motifs is 1. The minimum Gasteiger partial charge on any atom is -0.351 e. The Hall–Kier alpha value is -2.80. The summed E-state index contributed by atoms with van der Waals surface area (Å²) in [4.78, 5) is 40.2. The van der Waals surface area contributed by atoms with Gasteiger partial charge in [0.1, 0.15) is 5.00 Å². The monoisotopic (exact) mass is 533 g/mol. The average Bonchev–Trinajstić information content (AvgIpc) is 3.20. The maximum Gasteiger partial charge on any atom is 0.319 e. The highest BCUT2D eigenvalue weighted by Crippen LogP contribution is 2.37. The van der Waals surface area contributed by atoms with E-state index in [1.54, 1.807) is 7.05 Å². The van der Waals surface area contributed by atoms with Crippen LogP contribution < -0.4 is 16.4 Å². The lowest BCUT2D eigenvalue weighted by Gasteiger charge is -2.30. The minimum absolute atomic E-state index is 0.0133. The predicted octanol–water partition coefficient (Wildman–Crippen LogP) is 2.75. The Bertz CT molecular complexity index is 1270. The van der Waals surface area contributed by atoms with E-state index in [2.05, 4.69) is 15.5 Å². The molecule has 2 heterocycles. The summed E-state index contributed by atoms with van der Waals surface area (Å²) < 4.78 is 27.6. The predicted molar refractivity (Wildman–Crippen MR) is 138 cm³/mol. The summed E-state index contributed by atoms with van der Waals surface area (Å²) in [7, 11) is -0.0991. The third-order valence-corrected chi connectivity index (χ3v) is 9.88. The minimum atomic E-state index is -3.67. The molecule has 4 amide bonds. The molecule has 12 heteroatoms. The SMILES string of the molecule is CN1CCc2c(sc(NC(=O)c3ccc(S(=O)(=O)N(C)C4CCCCC4)cc3)c2C(=O)NC(N)=O)C1. The quantitative estimate of drug-likeness (QED) is 0.521. The fourth-order valence-corrected chi connectivity index (χ4v) is 7.53. The molecule has 194 valence electrons. The van der Waals surface area contributed by atoms with Gasteiger partial charge in [-0.3, -0.25) is 14.9 Å². The van der Waals surface area contributed by atoms with E-state index in [4.69, 9.17) is 5.73 Å². The zero-order valence-corrected chi connectivity index (χ0v) is 22.0. The first-order valence-corrected chi connectivity index (χ1v) is 14.2. The van der Waals surface area contributed by atoms with E-state index in [1.165, 1.54) is 39.9 Å². The molecule has 1 aliphatic carbocycles. The number of hydrogen-bond acceptors (Lipinski definition) is 7. The van der Waals surface area contributed by atoms with Gasteiger partial charge in [-0.05, 0) is 56.1 Å². The number of carbonyl (C=O) groups excluding carboxylic acids is 3. The van der Waals surface area contributed by atoms with Crippen molar-refractivity contribution in [1.29, 1.82) is 0 Å². The number of nitrogens with two attached hydrogens (primary N) is 1. The molecule has 1 aromatic heterocycles. The molecule has 0 radical (unpaired) electrons. The van der Waals surface area contributed by atoms with E-state index >= 15 is 0 Å². The van der Waals surface area contributed by atoms with Crippen molar-refractivity contribution in [3.63, 3.8) is 0 Å². The topological polar surface area (TPSA) is 142 Å². The number of nitrogens with zero attached hydrogens (tertiary/aromatic N) is 2. The molecule has 0 atom stereocenters. The Morgan fingerprint density at radius 3 is 2.39 bits per heavy atom. The first-order valence-electron chi connectivity index (χ1n) is 11.9. The summed E-state index contributed by atoms with van der Waals surface area (Å²) in [5.41, 5.74) is 6.42. The molecule has 4 rings (SSSR count). The number of hydrogen-bond donors (Lipinski definition) is 3. The number of sulfonamides is 1. The second-order valence-electron chi connectivity index (χ2n) is 9.31. The highest BCUT2D eigenvalue weighted by Gasteiger charge is 2.30. The van der Waals surface area contributed by atoms with Gasteiger partial charge >= 0.3 is 6.03 Å². The molecular weight excluding hydrogens is 502 g/mol. The molecule has 0 saturated heterocycles. The number of rotatable bonds is 6. The molecule has 2 aromatic rings. The summed E-state index contributed by atoms with van der Waals surface area (Å²) >= 11 is 1.28. The lowest BCUT2D eigenvalue weighted by atomic mass is 9.96. The summed E-state index contributed by atoms with van der Waals surface area (Å²) in [5.74, 6) is -1.15. The number of amides is 4. The Kier molecular flexibility index (Phi) is 7.79. The average molecular weight is 534 g/mol. The van der Waals surface area contributed by atoms with Crippen molar-refractivity contribution in [2.45, 2.75) is 56.0 Å². The van der Waals surface area contributed by atoms with Crippen LogP contribution >= 0.6 is 11.3 Å². The second kappa shape index (κ2) is 10.7. The molecule has 0 unspecified atom stereocenters. The second-order valence-corrected chi connectivity index (χ2v) is 12.4. The van der Waals surface area contributed by atoms with Crippen LogP contribution in [0.15, 0.2) is 29.2 Å². The molecule has 2 aliphatic rings. The first kappa shape index (κ1) is 26.3. The first-order chi connectivity index (χ1) is 17.1. The van der Waals surface area contributed by atoms with Gasteiger partial charge in [0.25, 0.3) is 11.8 Å². The Balaban J connectivity index is 1.55. The van der Waals surface area contributed by atoms with E-state index in [0.29, 0.717) is 18.0 Å². The van der Waals surface area contributed by atoms with Crippen molar-refractivity contribution in [2.75, 3.05) is 26.0 Å². The van der Waals surface area contributed by atoms with Crippen LogP contribution in [-0.4, -0.2) is 62.2 Å². The molecule has 4 N–H and O–H groups in total. The van der Waals surface area contributed by atoms with Gasteiger partial charge in [-0.2, -0.15) is 4.31 Å². The van der Waals surface area contributed by atoms with Gasteiger partial charge in [-0.25, -0.2) is 13.2 Å². The number of nitrogens with one attached hydrogen (secondary N) is 2. The fraction of sp³-hybridized carbons (Fsp3) is 0.458. The van der Waals surface area contributed by atoms with Crippen LogP contribution in [0.25, 0.3) is 0 Å². The number of thiophene rings is 1. The molecule has 1 aliphatic heterocycles. The van der Waals surface area contributed by atoms with Crippen LogP contribution in [-0.2, 0) is 23.0 Å². The molecule has 36 heavy (non-hydrogen) atoms. The van der Waals surface area contributed by atoms with E-state index < -0.39 is 27.9 Å². The lowest BCUT2D eigenvalue weighted by Crippen LogP contribution is -2.38. The molecule has 0 spiro atoms. The van der Waals surface area contributed by atoms with E-state index in [-0.39, 0.29) is 22.1 Å². The normalized spacial score (nSPS) is 17.0. The summed E-state index contributed by atoms with van der Waals surface area (Å²) in [6, 6.07) is 4.79. The standard InChI is InChI=1S/C24H31N5O5S2/c1-28-13-12-18-19(14-28)35-23(20(18)22(31)27-24(25)32)26-21(30)15-8-10-17(11-9-15)36(33,34)29(2)16-6-4-3-5-7-16/h8-11,16H,3-7,12-14H2,1-2H3,(H,26,30)(H3,25,27,31,32). The molecule has 1 saturated carbocycles.